The Balaban J connectivity index is 2.78. The second kappa shape index (κ2) is 4.71. The van der Waals surface area contributed by atoms with E-state index in [9.17, 15) is 13.6 Å². The van der Waals surface area contributed by atoms with Gasteiger partial charge in [0.05, 0.1) is 18.9 Å². The maximum atomic E-state index is 12.0. The summed E-state index contributed by atoms with van der Waals surface area (Å²) in [5.41, 5.74) is -0.338. The molecule has 4 nitrogen and oxygen atoms in total. The van der Waals surface area contributed by atoms with Crippen molar-refractivity contribution in [2.24, 2.45) is 0 Å². The molecule has 1 aromatic rings. The van der Waals surface area contributed by atoms with Crippen LogP contribution >= 0.6 is 0 Å². The van der Waals surface area contributed by atoms with Gasteiger partial charge in [-0.15, -0.1) is 0 Å². The number of hydrogen-bond acceptors (Lipinski definition) is 4. The molecule has 0 fully saturated rings. The monoisotopic (exact) mass is 201 g/mol. The van der Waals surface area contributed by atoms with Gasteiger partial charge in [0, 0.05) is 0 Å². The average Bonchev–Trinajstić information content (AvgIpc) is 2.18. The lowest BCUT2D eigenvalue weighted by atomic mass is 10.3. The van der Waals surface area contributed by atoms with Crippen molar-refractivity contribution in [3.63, 3.8) is 0 Å². The molecular weight excluding hydrogens is 192 g/mol. The first-order valence-electron chi connectivity index (χ1n) is 3.93. The van der Waals surface area contributed by atoms with Crippen molar-refractivity contribution in [2.75, 3.05) is 13.6 Å². The fourth-order valence-electron chi connectivity index (χ4n) is 0.846. The zero-order valence-corrected chi connectivity index (χ0v) is 7.50. The first-order chi connectivity index (χ1) is 6.65. The Hall–Kier alpha value is -1.43. The van der Waals surface area contributed by atoms with Gasteiger partial charge in [-0.25, -0.2) is 13.8 Å². The van der Waals surface area contributed by atoms with E-state index in [1.807, 2.05) is 0 Å². The molecule has 1 rings (SSSR count). The third-order valence-corrected chi connectivity index (χ3v) is 1.52. The summed E-state index contributed by atoms with van der Waals surface area (Å²) in [7, 11) is 1.61. The van der Waals surface area contributed by atoms with E-state index in [1.165, 1.54) is 0 Å². The van der Waals surface area contributed by atoms with Crippen LogP contribution in [0, 0.1) is 0 Å². The van der Waals surface area contributed by atoms with E-state index >= 15 is 0 Å². The quantitative estimate of drug-likeness (QED) is 0.732. The van der Waals surface area contributed by atoms with Crippen LogP contribution in [0.5, 0.6) is 0 Å². The molecule has 0 amide bonds. The zero-order chi connectivity index (χ0) is 10.6. The number of hydrogen-bond donors (Lipinski definition) is 1. The Kier molecular flexibility index (Phi) is 3.58. The number of nitrogens with one attached hydrogen (secondary N) is 1. The van der Waals surface area contributed by atoms with Gasteiger partial charge >= 0.3 is 0 Å². The fraction of sp³-hybridized carbons (Fsp3) is 0.375. The van der Waals surface area contributed by atoms with Crippen molar-refractivity contribution in [3.05, 3.63) is 23.8 Å². The van der Waals surface area contributed by atoms with Crippen LogP contribution in [0.2, 0.25) is 0 Å². The number of halogens is 2. The Labute approximate surface area is 79.4 Å². The second-order valence-electron chi connectivity index (χ2n) is 2.58. The number of Topliss-reactive ketones (excluding diaryl/α,β-unsaturated/α-hetero) is 1. The van der Waals surface area contributed by atoms with E-state index in [-0.39, 0.29) is 18.0 Å². The molecule has 0 aliphatic carbocycles. The third-order valence-electron chi connectivity index (χ3n) is 1.52. The molecule has 0 aromatic carbocycles. The smallest absolute Gasteiger partial charge is 0.281 e. The molecule has 0 aliphatic rings. The zero-order valence-electron chi connectivity index (χ0n) is 7.50. The van der Waals surface area contributed by atoms with Gasteiger partial charge in [-0.05, 0) is 7.05 Å². The van der Waals surface area contributed by atoms with Crippen LogP contribution in [0.15, 0.2) is 12.4 Å². The molecule has 6 heteroatoms. The van der Waals surface area contributed by atoms with Crippen LogP contribution in [-0.2, 0) is 0 Å². The number of carbonyl (C=O) groups is 1. The molecule has 0 aliphatic heterocycles. The minimum atomic E-state index is -2.66. The predicted octanol–water partition coefficient (Wildman–Crippen LogP) is 0.816. The van der Waals surface area contributed by atoms with Crippen molar-refractivity contribution >= 4 is 5.78 Å². The molecule has 0 saturated heterocycles. The first kappa shape index (κ1) is 10.6. The number of ketones is 1. The number of carbonyl (C=O) groups excluding carboxylic acids is 1. The van der Waals surface area contributed by atoms with Gasteiger partial charge in [-0.1, -0.05) is 0 Å². The molecule has 0 unspecified atom stereocenters. The van der Waals surface area contributed by atoms with Gasteiger partial charge in [0.15, 0.2) is 5.78 Å². The summed E-state index contributed by atoms with van der Waals surface area (Å²) in [6.45, 7) is 0.114. The van der Waals surface area contributed by atoms with Crippen LogP contribution in [0.1, 0.15) is 22.6 Å². The molecule has 0 spiro atoms. The molecular formula is C8H9F2N3O. The molecule has 0 bridgehead atoms. The highest BCUT2D eigenvalue weighted by Crippen LogP contribution is 2.14. The minimum absolute atomic E-state index is 0.0868. The predicted molar refractivity (Wildman–Crippen MR) is 45.2 cm³/mol. The van der Waals surface area contributed by atoms with Gasteiger partial charge in [0.2, 0.25) is 0 Å². The maximum absolute atomic E-state index is 12.0. The molecule has 1 aromatic heterocycles. The Bertz CT molecular complexity index is 313. The number of likely N-dealkylation sites (N-methyl/N-ethyl adjacent to an activating group) is 1. The molecule has 1 N–H and O–H groups in total. The first-order valence-corrected chi connectivity index (χ1v) is 3.93. The highest BCUT2D eigenvalue weighted by atomic mass is 19.3. The topological polar surface area (TPSA) is 54.9 Å². The van der Waals surface area contributed by atoms with Gasteiger partial charge in [0.1, 0.15) is 11.4 Å². The second-order valence-corrected chi connectivity index (χ2v) is 2.58. The Morgan fingerprint density at radius 2 is 2.21 bits per heavy atom. The average molecular weight is 201 g/mol. The maximum Gasteiger partial charge on any atom is 0.281 e. The van der Waals surface area contributed by atoms with Crippen molar-refractivity contribution in [1.82, 2.24) is 15.3 Å². The fourth-order valence-corrected chi connectivity index (χ4v) is 0.846. The van der Waals surface area contributed by atoms with E-state index in [0.29, 0.717) is 0 Å². The third kappa shape index (κ3) is 2.53. The Morgan fingerprint density at radius 1 is 1.50 bits per heavy atom. The van der Waals surface area contributed by atoms with Crippen LogP contribution in [0.4, 0.5) is 8.78 Å². The van der Waals surface area contributed by atoms with E-state index in [4.69, 9.17) is 0 Å². The summed E-state index contributed by atoms with van der Waals surface area (Å²) in [5, 5.41) is 2.64. The van der Waals surface area contributed by atoms with Crippen LogP contribution in [0.25, 0.3) is 0 Å². The van der Waals surface area contributed by atoms with Gasteiger partial charge in [0.25, 0.3) is 6.43 Å². The van der Waals surface area contributed by atoms with E-state index < -0.39 is 12.1 Å². The van der Waals surface area contributed by atoms with Crippen LogP contribution in [0.3, 0.4) is 0 Å². The van der Waals surface area contributed by atoms with Gasteiger partial charge < -0.3 is 5.32 Å². The molecule has 0 saturated carbocycles. The lowest BCUT2D eigenvalue weighted by Gasteiger charge is -2.00. The number of alkyl halides is 2. The largest absolute Gasteiger partial charge is 0.313 e. The lowest BCUT2D eigenvalue weighted by Crippen LogP contribution is -2.19. The highest BCUT2D eigenvalue weighted by Gasteiger charge is 2.11. The van der Waals surface area contributed by atoms with Gasteiger partial charge in [-0.2, -0.15) is 0 Å². The summed E-state index contributed by atoms with van der Waals surface area (Å²) in [5.74, 6) is -0.277. The molecule has 1 heterocycles. The van der Waals surface area contributed by atoms with Crippen LogP contribution in [-0.4, -0.2) is 29.3 Å². The van der Waals surface area contributed by atoms with E-state index in [2.05, 4.69) is 15.3 Å². The number of nitrogens with zero attached hydrogens (tertiary/aromatic N) is 2. The van der Waals surface area contributed by atoms with E-state index in [0.717, 1.165) is 12.4 Å². The Morgan fingerprint density at radius 3 is 2.64 bits per heavy atom. The lowest BCUT2D eigenvalue weighted by molar-refractivity contribution is 0.0987. The number of rotatable bonds is 4. The SMILES string of the molecule is CNCC(=O)c1cnc(C(F)F)cn1. The summed E-state index contributed by atoms with van der Waals surface area (Å²) < 4.78 is 24.1. The van der Waals surface area contributed by atoms with Crippen molar-refractivity contribution < 1.29 is 13.6 Å². The van der Waals surface area contributed by atoms with Crippen LogP contribution < -0.4 is 5.32 Å². The van der Waals surface area contributed by atoms with Crippen molar-refractivity contribution in [3.8, 4) is 0 Å². The minimum Gasteiger partial charge on any atom is -0.313 e. The standard InChI is InChI=1S/C8H9F2N3O/c1-11-4-7(14)5-2-13-6(3-12-5)8(9)10/h2-3,8,11H,4H2,1H3. The molecule has 0 radical (unpaired) electrons. The summed E-state index contributed by atoms with van der Waals surface area (Å²) in [6, 6.07) is 0. The van der Waals surface area contributed by atoms with Crippen molar-refractivity contribution in [1.29, 1.82) is 0 Å². The highest BCUT2D eigenvalue weighted by molar-refractivity contribution is 5.95. The summed E-state index contributed by atoms with van der Waals surface area (Å²) in [6.07, 6.45) is -0.690. The summed E-state index contributed by atoms with van der Waals surface area (Å²) >= 11 is 0. The normalized spacial score (nSPS) is 10.6. The summed E-state index contributed by atoms with van der Waals surface area (Å²) in [4.78, 5) is 18.2. The molecule has 76 valence electrons. The van der Waals surface area contributed by atoms with E-state index in [1.54, 1.807) is 7.05 Å². The number of aromatic nitrogens is 2. The molecule has 0 atom stereocenters. The van der Waals surface area contributed by atoms with Gasteiger partial charge in [-0.3, -0.25) is 9.78 Å². The molecule has 14 heavy (non-hydrogen) atoms. The van der Waals surface area contributed by atoms with Crippen molar-refractivity contribution in [2.45, 2.75) is 6.43 Å².